The Labute approximate surface area is 453 Å². The van der Waals surface area contributed by atoms with Gasteiger partial charge in [0.2, 0.25) is 0 Å². The Morgan fingerprint density at radius 1 is 0.288 bits per heavy atom. The van der Waals surface area contributed by atoms with E-state index in [0.717, 1.165) is 70.6 Å². The zero-order valence-electron chi connectivity index (χ0n) is 48.7. The fourth-order valence-corrected chi connectivity index (χ4v) is 9.35. The first-order valence-electron chi connectivity index (χ1n) is 31.8. The molecule has 0 radical (unpaired) electrons. The molecule has 0 spiro atoms. The van der Waals surface area contributed by atoms with E-state index in [1.165, 1.54) is 218 Å². The topological polar surface area (TPSA) is 78.9 Å². The smallest absolute Gasteiger partial charge is 0.310 e. The molecular weight excluding hydrogens is 901 g/mol. The zero-order chi connectivity index (χ0) is 52.9. The molecule has 0 heterocycles. The molecule has 0 aliphatic rings. The van der Waals surface area contributed by atoms with E-state index in [0.29, 0.717) is 12.8 Å². The number of esters is 3. The Bertz CT molecular complexity index is 1310. The van der Waals surface area contributed by atoms with Gasteiger partial charge in [0.15, 0.2) is 6.10 Å². The van der Waals surface area contributed by atoms with Crippen LogP contribution in [0.15, 0.2) is 60.8 Å². The molecule has 0 bridgehead atoms. The van der Waals surface area contributed by atoms with Crippen molar-refractivity contribution in [3.63, 3.8) is 0 Å². The molecule has 0 rings (SSSR count). The average Bonchev–Trinajstić information content (AvgIpc) is 3.39. The molecule has 0 fully saturated rings. The van der Waals surface area contributed by atoms with E-state index in [1.54, 1.807) is 6.08 Å². The van der Waals surface area contributed by atoms with Crippen LogP contribution in [-0.4, -0.2) is 37.2 Å². The first-order valence-corrected chi connectivity index (χ1v) is 31.8. The number of hydrogen-bond acceptors (Lipinski definition) is 6. The molecule has 0 aromatic heterocycles. The molecule has 424 valence electrons. The summed E-state index contributed by atoms with van der Waals surface area (Å²) in [5.74, 6) is -1.03. The van der Waals surface area contributed by atoms with Crippen molar-refractivity contribution in [2.45, 2.75) is 335 Å². The van der Waals surface area contributed by atoms with Crippen LogP contribution in [0.3, 0.4) is 0 Å². The molecule has 0 aromatic carbocycles. The van der Waals surface area contributed by atoms with Crippen LogP contribution in [0.5, 0.6) is 0 Å². The summed E-state index contributed by atoms with van der Waals surface area (Å²) in [6.45, 7) is 6.47. The van der Waals surface area contributed by atoms with Crippen molar-refractivity contribution in [2.24, 2.45) is 0 Å². The summed E-state index contributed by atoms with van der Waals surface area (Å²) < 4.78 is 16.7. The molecule has 1 atom stereocenters. The number of carbonyl (C=O) groups is 3. The molecule has 73 heavy (non-hydrogen) atoms. The highest BCUT2D eigenvalue weighted by Crippen LogP contribution is 2.18. The van der Waals surface area contributed by atoms with Crippen molar-refractivity contribution in [1.29, 1.82) is 0 Å². The predicted octanol–water partition coefficient (Wildman–Crippen LogP) is 21.6. The fourth-order valence-electron chi connectivity index (χ4n) is 9.35. The van der Waals surface area contributed by atoms with E-state index in [4.69, 9.17) is 14.2 Å². The quantitative estimate of drug-likeness (QED) is 0.0261. The van der Waals surface area contributed by atoms with Gasteiger partial charge in [-0.1, -0.05) is 326 Å². The van der Waals surface area contributed by atoms with Gasteiger partial charge in [0.25, 0.3) is 0 Å². The summed E-state index contributed by atoms with van der Waals surface area (Å²) in [6.07, 6.45) is 78.6. The minimum atomic E-state index is -0.825. The molecule has 0 aromatic rings. The van der Waals surface area contributed by atoms with Crippen LogP contribution in [0.2, 0.25) is 0 Å². The van der Waals surface area contributed by atoms with Crippen molar-refractivity contribution in [2.75, 3.05) is 13.2 Å². The molecule has 0 saturated carbocycles. The van der Waals surface area contributed by atoms with Crippen LogP contribution in [0.4, 0.5) is 0 Å². The van der Waals surface area contributed by atoms with Crippen LogP contribution in [0.1, 0.15) is 329 Å². The number of hydrogen-bond donors (Lipinski definition) is 0. The van der Waals surface area contributed by atoms with Gasteiger partial charge >= 0.3 is 17.9 Å². The van der Waals surface area contributed by atoms with Gasteiger partial charge in [0.1, 0.15) is 13.2 Å². The maximum atomic E-state index is 12.8. The molecule has 1 unspecified atom stereocenters. The Morgan fingerprint density at radius 2 is 0.521 bits per heavy atom. The highest BCUT2D eigenvalue weighted by molar-refractivity contribution is 5.72. The largest absolute Gasteiger partial charge is 0.462 e. The van der Waals surface area contributed by atoms with E-state index in [1.807, 2.05) is 6.08 Å². The van der Waals surface area contributed by atoms with Gasteiger partial charge in [0.05, 0.1) is 6.42 Å². The summed E-state index contributed by atoms with van der Waals surface area (Å²) in [7, 11) is 0. The lowest BCUT2D eigenvalue weighted by atomic mass is 10.0. The van der Waals surface area contributed by atoms with Gasteiger partial charge in [-0.25, -0.2) is 0 Å². The van der Waals surface area contributed by atoms with Crippen LogP contribution < -0.4 is 0 Å². The molecule has 0 aliphatic heterocycles. The van der Waals surface area contributed by atoms with Gasteiger partial charge in [-0.15, -0.1) is 0 Å². The van der Waals surface area contributed by atoms with E-state index < -0.39 is 12.1 Å². The van der Waals surface area contributed by atoms with Crippen LogP contribution >= 0.6 is 0 Å². The average molecular weight is 1020 g/mol. The van der Waals surface area contributed by atoms with Crippen molar-refractivity contribution in [3.05, 3.63) is 60.8 Å². The second-order valence-corrected chi connectivity index (χ2v) is 21.3. The number of allylic oxidation sites excluding steroid dienone is 9. The van der Waals surface area contributed by atoms with Crippen molar-refractivity contribution >= 4 is 17.9 Å². The maximum absolute atomic E-state index is 12.8. The lowest BCUT2D eigenvalue weighted by molar-refractivity contribution is -0.166. The lowest BCUT2D eigenvalue weighted by Gasteiger charge is -2.18. The summed E-state index contributed by atoms with van der Waals surface area (Å²) in [5.41, 5.74) is 0. The second-order valence-electron chi connectivity index (χ2n) is 21.3. The maximum Gasteiger partial charge on any atom is 0.310 e. The standard InChI is InChI=1S/C67H120O6/c1-4-7-10-13-16-19-22-24-26-27-28-29-30-31-32-33-34-35-36-37-38-39-40-42-43-45-48-51-54-57-60-66(69)72-63-64(62-71-65(68)59-56-53-50-47-21-18-15-12-9-6-3)73-67(70)61-58-55-52-49-46-44-41-25-23-20-17-14-11-8-5-2/h8,11,17,20,25,41,46,49,55,58,64H,4-7,9-10,12-16,18-19,21-24,26-40,42-45,47-48,50-54,56-57,59-63H2,1-3H3/b11-8-,20-17-,41-25-,49-46-,58-55-. The predicted molar refractivity (Wildman–Crippen MR) is 316 cm³/mol. The van der Waals surface area contributed by atoms with Crippen molar-refractivity contribution < 1.29 is 28.6 Å². The van der Waals surface area contributed by atoms with E-state index in [2.05, 4.69) is 69.4 Å². The summed E-state index contributed by atoms with van der Waals surface area (Å²) in [6, 6.07) is 0. The van der Waals surface area contributed by atoms with Crippen LogP contribution in [0.25, 0.3) is 0 Å². The molecule has 0 aliphatic carbocycles. The number of unbranched alkanes of at least 4 members (excludes halogenated alkanes) is 38. The molecule has 6 nitrogen and oxygen atoms in total. The number of rotatable bonds is 58. The van der Waals surface area contributed by atoms with Gasteiger partial charge in [-0.3, -0.25) is 14.4 Å². The Kier molecular flexibility index (Phi) is 59.2. The highest BCUT2D eigenvalue weighted by Gasteiger charge is 2.19. The first kappa shape index (κ1) is 70.1. The number of ether oxygens (including phenoxy) is 3. The minimum absolute atomic E-state index is 0.101. The normalized spacial score (nSPS) is 12.4. The first-order chi connectivity index (χ1) is 36.0. The van der Waals surface area contributed by atoms with Gasteiger partial charge in [-0.2, -0.15) is 0 Å². The van der Waals surface area contributed by atoms with Crippen LogP contribution in [0, 0.1) is 0 Å². The summed E-state index contributed by atoms with van der Waals surface area (Å²) in [4.78, 5) is 38.0. The number of carbonyl (C=O) groups excluding carboxylic acids is 3. The van der Waals surface area contributed by atoms with E-state index >= 15 is 0 Å². The van der Waals surface area contributed by atoms with Crippen LogP contribution in [-0.2, 0) is 28.6 Å². The highest BCUT2D eigenvalue weighted by atomic mass is 16.6. The Balaban J connectivity index is 4.14. The summed E-state index contributed by atoms with van der Waals surface area (Å²) >= 11 is 0. The summed E-state index contributed by atoms with van der Waals surface area (Å²) in [5, 5.41) is 0. The fraction of sp³-hybridized carbons (Fsp3) is 0.806. The lowest BCUT2D eigenvalue weighted by Crippen LogP contribution is -2.30. The molecule has 0 N–H and O–H groups in total. The van der Waals surface area contributed by atoms with Crippen molar-refractivity contribution in [1.82, 2.24) is 0 Å². The van der Waals surface area contributed by atoms with Gasteiger partial charge in [0, 0.05) is 12.8 Å². The van der Waals surface area contributed by atoms with E-state index in [9.17, 15) is 14.4 Å². The third-order valence-electron chi connectivity index (χ3n) is 14.1. The van der Waals surface area contributed by atoms with Crippen molar-refractivity contribution in [3.8, 4) is 0 Å². The Morgan fingerprint density at radius 3 is 0.781 bits per heavy atom. The zero-order valence-corrected chi connectivity index (χ0v) is 48.7. The van der Waals surface area contributed by atoms with E-state index in [-0.39, 0.29) is 31.6 Å². The third-order valence-corrected chi connectivity index (χ3v) is 14.1. The SMILES string of the molecule is CC/C=C\C/C=C\C/C=C\C/C=C\C/C=C\CC(=O)OC(COC(=O)CCCCCCCCCCCC)COC(=O)CCCCCCCCCCCCCCCCCCCCCCCCCCCCCCCC. The molecule has 0 saturated heterocycles. The van der Waals surface area contributed by atoms with Gasteiger partial charge in [-0.05, 0) is 44.9 Å². The monoisotopic (exact) mass is 1020 g/mol. The Hall–Kier alpha value is -2.89. The minimum Gasteiger partial charge on any atom is -0.462 e. The third kappa shape index (κ3) is 59.9. The molecule has 0 amide bonds. The van der Waals surface area contributed by atoms with Gasteiger partial charge < -0.3 is 14.2 Å². The molecule has 6 heteroatoms. The second kappa shape index (κ2) is 61.7. The molecular formula is C67H120O6.